The number of nitrogens with two attached hydrogens (primary N) is 1. The monoisotopic (exact) mass is 371 g/mol. The van der Waals surface area contributed by atoms with Gasteiger partial charge in [-0.3, -0.25) is 0 Å². The molecule has 0 spiro atoms. The predicted octanol–water partition coefficient (Wildman–Crippen LogP) is 2.22. The zero-order valence-electron chi connectivity index (χ0n) is 8.54. The highest BCUT2D eigenvalue weighted by molar-refractivity contribution is 9.11. The summed E-state index contributed by atoms with van der Waals surface area (Å²) in [6.07, 6.45) is 1.17. The zero-order chi connectivity index (χ0) is 12.3. The van der Waals surface area contributed by atoms with Crippen LogP contribution in [0.15, 0.2) is 21.1 Å². The number of hydrogen-bond donors (Lipinski definition) is 1. The van der Waals surface area contributed by atoms with Crippen molar-refractivity contribution in [1.29, 1.82) is 0 Å². The van der Waals surface area contributed by atoms with Gasteiger partial charge in [0.1, 0.15) is 12.4 Å². The Hall–Kier alpha value is -0.270. The minimum absolute atomic E-state index is 0.0176. The summed E-state index contributed by atoms with van der Waals surface area (Å²) in [7, 11) is -3.01. The molecule has 4 nitrogen and oxygen atoms in total. The summed E-state index contributed by atoms with van der Waals surface area (Å²) in [5, 5.41) is 0. The van der Waals surface area contributed by atoms with Crippen molar-refractivity contribution in [3.63, 3.8) is 0 Å². The Morgan fingerprint density at radius 1 is 1.31 bits per heavy atom. The largest absolute Gasteiger partial charge is 0.490 e. The second-order valence-electron chi connectivity index (χ2n) is 3.29. The van der Waals surface area contributed by atoms with Crippen molar-refractivity contribution >= 4 is 47.4 Å². The molecule has 0 heterocycles. The van der Waals surface area contributed by atoms with Crippen molar-refractivity contribution in [3.05, 3.63) is 21.1 Å². The number of sulfone groups is 1. The van der Waals surface area contributed by atoms with Crippen molar-refractivity contribution in [3.8, 4) is 5.75 Å². The lowest BCUT2D eigenvalue weighted by Gasteiger charge is -2.10. The second-order valence-corrected chi connectivity index (χ2v) is 7.26. The zero-order valence-corrected chi connectivity index (χ0v) is 12.5. The first-order valence-corrected chi connectivity index (χ1v) is 7.99. The third-order valence-corrected chi connectivity index (χ3v) is 3.81. The number of halogens is 2. The van der Waals surface area contributed by atoms with Crippen LogP contribution in [0.3, 0.4) is 0 Å². The second kappa shape index (κ2) is 5.37. The molecule has 0 aliphatic rings. The van der Waals surface area contributed by atoms with E-state index in [-0.39, 0.29) is 12.4 Å². The summed E-state index contributed by atoms with van der Waals surface area (Å²) in [6, 6.07) is 3.39. The minimum Gasteiger partial charge on any atom is -0.490 e. The molecule has 0 amide bonds. The highest BCUT2D eigenvalue weighted by atomic mass is 79.9. The fourth-order valence-electron chi connectivity index (χ4n) is 1.01. The molecule has 16 heavy (non-hydrogen) atoms. The normalized spacial score (nSPS) is 11.4. The van der Waals surface area contributed by atoms with E-state index in [1.807, 2.05) is 0 Å². The molecule has 0 fully saturated rings. The fourth-order valence-corrected chi connectivity index (χ4v) is 2.85. The maximum Gasteiger partial charge on any atom is 0.150 e. The van der Waals surface area contributed by atoms with Gasteiger partial charge in [0.05, 0.1) is 14.7 Å². The Labute approximate surface area is 111 Å². The Bertz CT molecular complexity index is 465. The van der Waals surface area contributed by atoms with E-state index in [2.05, 4.69) is 31.9 Å². The molecule has 1 aromatic rings. The summed E-state index contributed by atoms with van der Waals surface area (Å²) in [6.45, 7) is 0.111. The molecule has 1 rings (SSSR count). The van der Waals surface area contributed by atoms with Gasteiger partial charge in [0.15, 0.2) is 9.84 Å². The molecule has 0 saturated heterocycles. The van der Waals surface area contributed by atoms with Crippen LogP contribution in [-0.2, 0) is 9.84 Å². The van der Waals surface area contributed by atoms with Crippen molar-refractivity contribution in [1.82, 2.24) is 0 Å². The molecule has 0 aromatic heterocycles. The van der Waals surface area contributed by atoms with Crippen LogP contribution >= 0.6 is 31.9 Å². The van der Waals surface area contributed by atoms with Crippen molar-refractivity contribution in [2.24, 2.45) is 0 Å². The van der Waals surface area contributed by atoms with Gasteiger partial charge < -0.3 is 10.5 Å². The van der Waals surface area contributed by atoms with Crippen LogP contribution in [0.2, 0.25) is 0 Å². The quantitative estimate of drug-likeness (QED) is 0.822. The van der Waals surface area contributed by atoms with Gasteiger partial charge in [0, 0.05) is 11.9 Å². The van der Waals surface area contributed by atoms with E-state index in [1.165, 1.54) is 6.26 Å². The van der Waals surface area contributed by atoms with Crippen LogP contribution in [0.5, 0.6) is 5.75 Å². The van der Waals surface area contributed by atoms with Crippen LogP contribution in [0.4, 0.5) is 5.69 Å². The van der Waals surface area contributed by atoms with Gasteiger partial charge in [0.25, 0.3) is 0 Å². The van der Waals surface area contributed by atoms with Crippen molar-refractivity contribution in [2.45, 2.75) is 0 Å². The predicted molar refractivity (Wildman–Crippen MR) is 71.5 cm³/mol. The van der Waals surface area contributed by atoms with Gasteiger partial charge in [-0.15, -0.1) is 0 Å². The van der Waals surface area contributed by atoms with E-state index in [0.717, 1.165) is 0 Å². The lowest BCUT2D eigenvalue weighted by molar-refractivity contribution is 0.337. The fraction of sp³-hybridized carbons (Fsp3) is 0.333. The highest BCUT2D eigenvalue weighted by Gasteiger charge is 2.09. The molecule has 2 N–H and O–H groups in total. The average Bonchev–Trinajstić information content (AvgIpc) is 2.07. The molecule has 0 unspecified atom stereocenters. The van der Waals surface area contributed by atoms with Gasteiger partial charge in [-0.2, -0.15) is 0 Å². The first kappa shape index (κ1) is 13.8. The average molecular weight is 373 g/mol. The number of hydrogen-bond acceptors (Lipinski definition) is 4. The summed E-state index contributed by atoms with van der Waals surface area (Å²) < 4.78 is 28.6. The molecule has 0 aliphatic carbocycles. The third kappa shape index (κ3) is 4.31. The molecule has 1 aromatic carbocycles. The SMILES string of the molecule is CS(=O)(=O)CCOc1c(Br)cc(N)cc1Br. The Balaban J connectivity index is 2.75. The van der Waals surface area contributed by atoms with E-state index in [1.54, 1.807) is 12.1 Å². The van der Waals surface area contributed by atoms with E-state index in [9.17, 15) is 8.42 Å². The molecule has 7 heteroatoms. The molecule has 0 radical (unpaired) electrons. The summed E-state index contributed by atoms with van der Waals surface area (Å²) in [5.41, 5.74) is 6.21. The van der Waals surface area contributed by atoms with Crippen molar-refractivity contribution in [2.75, 3.05) is 24.3 Å². The number of anilines is 1. The maximum atomic E-state index is 10.9. The Morgan fingerprint density at radius 3 is 2.25 bits per heavy atom. The van der Waals surface area contributed by atoms with Crippen LogP contribution in [0.25, 0.3) is 0 Å². The van der Waals surface area contributed by atoms with Crippen LogP contribution in [-0.4, -0.2) is 27.0 Å². The number of nitrogen functional groups attached to an aromatic ring is 1. The van der Waals surface area contributed by atoms with Crippen LogP contribution in [0, 0.1) is 0 Å². The van der Waals surface area contributed by atoms with Gasteiger partial charge in [-0.1, -0.05) is 0 Å². The van der Waals surface area contributed by atoms with Crippen LogP contribution < -0.4 is 10.5 Å². The number of benzene rings is 1. The first-order valence-electron chi connectivity index (χ1n) is 4.34. The summed E-state index contributed by atoms with van der Waals surface area (Å²) in [5.74, 6) is 0.536. The number of ether oxygens (including phenoxy) is 1. The van der Waals surface area contributed by atoms with E-state index in [4.69, 9.17) is 10.5 Å². The molecule has 0 saturated carbocycles. The van der Waals surface area contributed by atoms with Gasteiger partial charge >= 0.3 is 0 Å². The molecular formula is C9H11Br2NO3S. The lowest BCUT2D eigenvalue weighted by Crippen LogP contribution is -2.12. The van der Waals surface area contributed by atoms with Gasteiger partial charge in [-0.25, -0.2) is 8.42 Å². The number of rotatable bonds is 4. The molecule has 90 valence electrons. The molecular weight excluding hydrogens is 362 g/mol. The summed E-state index contributed by atoms with van der Waals surface area (Å²) >= 11 is 6.59. The standard InChI is InChI=1S/C9H11Br2NO3S/c1-16(13,14)3-2-15-9-7(10)4-6(12)5-8(9)11/h4-5H,2-3,12H2,1H3. The molecule has 0 atom stereocenters. The van der Waals surface area contributed by atoms with E-state index in [0.29, 0.717) is 20.4 Å². The molecule has 0 bridgehead atoms. The first-order chi connectivity index (χ1) is 7.29. The van der Waals surface area contributed by atoms with E-state index >= 15 is 0 Å². The Morgan fingerprint density at radius 2 is 1.81 bits per heavy atom. The molecule has 0 aliphatic heterocycles. The third-order valence-electron chi connectivity index (χ3n) is 1.72. The minimum atomic E-state index is -3.01. The maximum absolute atomic E-state index is 10.9. The Kier molecular flexibility index (Phi) is 4.63. The van der Waals surface area contributed by atoms with Gasteiger partial charge in [0.2, 0.25) is 0 Å². The van der Waals surface area contributed by atoms with Gasteiger partial charge in [-0.05, 0) is 44.0 Å². The highest BCUT2D eigenvalue weighted by Crippen LogP contribution is 2.35. The van der Waals surface area contributed by atoms with Crippen LogP contribution in [0.1, 0.15) is 0 Å². The van der Waals surface area contributed by atoms with Crippen molar-refractivity contribution < 1.29 is 13.2 Å². The smallest absolute Gasteiger partial charge is 0.150 e. The summed E-state index contributed by atoms with van der Waals surface area (Å²) in [4.78, 5) is 0. The lowest BCUT2D eigenvalue weighted by atomic mass is 10.3. The van der Waals surface area contributed by atoms with E-state index < -0.39 is 9.84 Å². The topological polar surface area (TPSA) is 69.4 Å².